The summed E-state index contributed by atoms with van der Waals surface area (Å²) in [5.41, 5.74) is 5.09. The van der Waals surface area contributed by atoms with E-state index in [9.17, 15) is 31.9 Å². The van der Waals surface area contributed by atoms with E-state index in [2.05, 4.69) is 5.32 Å². The Labute approximate surface area is 168 Å². The summed E-state index contributed by atoms with van der Waals surface area (Å²) in [7, 11) is 0. The number of nitrogens with one attached hydrogen (secondary N) is 1. The van der Waals surface area contributed by atoms with Crippen LogP contribution in [0.3, 0.4) is 0 Å². The number of ether oxygens (including phenoxy) is 1. The third-order valence-corrected chi connectivity index (χ3v) is 4.72. The highest BCUT2D eigenvalue weighted by molar-refractivity contribution is 6.09. The van der Waals surface area contributed by atoms with Crippen LogP contribution in [0.25, 0.3) is 0 Å². The number of hydrogen-bond donors (Lipinski definition) is 2. The van der Waals surface area contributed by atoms with Crippen molar-refractivity contribution in [1.82, 2.24) is 4.90 Å². The number of hydrogen-bond acceptors (Lipinski definition) is 5. The normalized spacial score (nSPS) is 18.4. The van der Waals surface area contributed by atoms with E-state index < -0.39 is 48.3 Å². The van der Waals surface area contributed by atoms with Gasteiger partial charge in [0.25, 0.3) is 11.8 Å². The zero-order valence-corrected chi connectivity index (χ0v) is 15.7. The van der Waals surface area contributed by atoms with E-state index in [-0.39, 0.29) is 31.1 Å². The first-order valence-corrected chi connectivity index (χ1v) is 9.17. The van der Waals surface area contributed by atoms with Gasteiger partial charge in [-0.2, -0.15) is 13.2 Å². The van der Waals surface area contributed by atoms with Gasteiger partial charge in [0.1, 0.15) is 12.4 Å². The molecule has 8 nitrogen and oxygen atoms in total. The molecule has 1 aromatic carbocycles. The number of amides is 3. The maximum Gasteiger partial charge on any atom is 0.401 e. The molecule has 0 bridgehead atoms. The van der Waals surface area contributed by atoms with Gasteiger partial charge in [-0.1, -0.05) is 0 Å². The smallest absolute Gasteiger partial charge is 0.370 e. The van der Waals surface area contributed by atoms with Crippen molar-refractivity contribution in [2.24, 2.45) is 5.73 Å². The SMILES string of the molecule is NC(=O)[C@H](C(=O)Nc1ccc(N2CCOCC2=O)c(F)c1)N(CC(F)(F)F)C1CC1. The first kappa shape index (κ1) is 22.0. The van der Waals surface area contributed by atoms with Gasteiger partial charge in [-0.15, -0.1) is 0 Å². The number of carbonyl (C=O) groups excluding carboxylic acids is 3. The minimum atomic E-state index is -4.63. The minimum Gasteiger partial charge on any atom is -0.370 e. The molecule has 3 amide bonds. The lowest BCUT2D eigenvalue weighted by Crippen LogP contribution is -2.55. The molecule has 3 N–H and O–H groups in total. The lowest BCUT2D eigenvalue weighted by molar-refractivity contribution is -0.158. The monoisotopic (exact) mass is 432 g/mol. The Morgan fingerprint density at radius 2 is 2.03 bits per heavy atom. The van der Waals surface area contributed by atoms with Gasteiger partial charge < -0.3 is 20.7 Å². The average molecular weight is 432 g/mol. The third-order valence-electron chi connectivity index (χ3n) is 4.72. The molecule has 0 spiro atoms. The van der Waals surface area contributed by atoms with E-state index in [1.54, 1.807) is 0 Å². The van der Waals surface area contributed by atoms with Gasteiger partial charge in [0, 0.05) is 18.3 Å². The quantitative estimate of drug-likeness (QED) is 0.494. The summed E-state index contributed by atoms with van der Waals surface area (Å²) >= 11 is 0. The van der Waals surface area contributed by atoms with Crippen LogP contribution in [-0.4, -0.2) is 67.2 Å². The van der Waals surface area contributed by atoms with Crippen molar-refractivity contribution in [3.8, 4) is 0 Å². The van der Waals surface area contributed by atoms with Crippen molar-refractivity contribution >= 4 is 29.1 Å². The summed E-state index contributed by atoms with van der Waals surface area (Å²) in [6.07, 6.45) is -3.82. The molecule has 0 aromatic heterocycles. The molecule has 0 radical (unpaired) electrons. The lowest BCUT2D eigenvalue weighted by atomic mass is 10.1. The van der Waals surface area contributed by atoms with Crippen molar-refractivity contribution in [3.63, 3.8) is 0 Å². The summed E-state index contributed by atoms with van der Waals surface area (Å²) < 4.78 is 58.2. The molecule has 2 fully saturated rings. The fourth-order valence-electron chi connectivity index (χ4n) is 3.27. The molecule has 1 saturated heterocycles. The molecule has 3 rings (SSSR count). The second-order valence-corrected chi connectivity index (χ2v) is 7.08. The molecular formula is C18H20F4N4O4. The van der Waals surface area contributed by atoms with Gasteiger partial charge in [-0.25, -0.2) is 4.39 Å². The van der Waals surface area contributed by atoms with E-state index in [0.717, 1.165) is 11.0 Å². The van der Waals surface area contributed by atoms with Crippen LogP contribution in [0.4, 0.5) is 28.9 Å². The number of halogens is 4. The predicted octanol–water partition coefficient (Wildman–Crippen LogP) is 1.01. The Hall–Kier alpha value is -2.73. The fraction of sp³-hybridized carbons (Fsp3) is 0.500. The van der Waals surface area contributed by atoms with Crippen LogP contribution in [0, 0.1) is 5.82 Å². The molecule has 1 atom stereocenters. The third kappa shape index (κ3) is 5.25. The van der Waals surface area contributed by atoms with Crippen LogP contribution in [0.2, 0.25) is 0 Å². The Bertz CT molecular complexity index is 844. The highest BCUT2D eigenvalue weighted by atomic mass is 19.4. The number of rotatable bonds is 7. The van der Waals surface area contributed by atoms with E-state index in [1.807, 2.05) is 0 Å². The molecule has 30 heavy (non-hydrogen) atoms. The standard InChI is InChI=1S/C18H20F4N4O4/c19-12-7-10(1-4-13(12)25-5-6-30-8-14(25)27)24-17(29)15(16(23)28)26(11-2-3-11)9-18(20,21)22/h1,4,7,11,15H,2-3,5-6,8-9H2,(H2,23,28)(H,24,29)/t15-/m1/s1. The summed E-state index contributed by atoms with van der Waals surface area (Å²) in [4.78, 5) is 38.1. The van der Waals surface area contributed by atoms with Crippen molar-refractivity contribution in [2.75, 3.05) is 36.5 Å². The maximum atomic E-state index is 14.5. The van der Waals surface area contributed by atoms with Gasteiger partial charge in [0.2, 0.25) is 5.91 Å². The van der Waals surface area contributed by atoms with Crippen LogP contribution >= 0.6 is 0 Å². The molecule has 1 heterocycles. The maximum absolute atomic E-state index is 14.5. The first-order chi connectivity index (χ1) is 14.1. The van der Waals surface area contributed by atoms with Gasteiger partial charge in [0.15, 0.2) is 6.04 Å². The van der Waals surface area contributed by atoms with Crippen molar-refractivity contribution in [3.05, 3.63) is 24.0 Å². The fourth-order valence-corrected chi connectivity index (χ4v) is 3.27. The van der Waals surface area contributed by atoms with E-state index in [4.69, 9.17) is 10.5 Å². The number of nitrogens with zero attached hydrogens (tertiary/aromatic N) is 2. The van der Waals surface area contributed by atoms with E-state index >= 15 is 0 Å². The van der Waals surface area contributed by atoms with Gasteiger partial charge in [0.05, 0.1) is 18.8 Å². The molecule has 1 aliphatic carbocycles. The van der Waals surface area contributed by atoms with Gasteiger partial charge in [-0.05, 0) is 31.0 Å². The summed E-state index contributed by atoms with van der Waals surface area (Å²) in [5.74, 6) is -3.58. The van der Waals surface area contributed by atoms with Crippen LogP contribution < -0.4 is 16.0 Å². The molecule has 164 valence electrons. The number of alkyl halides is 3. The number of benzene rings is 1. The number of nitrogens with two attached hydrogens (primary N) is 1. The Morgan fingerprint density at radius 1 is 1.33 bits per heavy atom. The second-order valence-electron chi connectivity index (χ2n) is 7.08. The molecule has 1 aliphatic heterocycles. The molecule has 12 heteroatoms. The van der Waals surface area contributed by atoms with Gasteiger partial charge >= 0.3 is 6.18 Å². The average Bonchev–Trinajstić information content (AvgIpc) is 3.46. The van der Waals surface area contributed by atoms with Crippen LogP contribution in [0.15, 0.2) is 18.2 Å². The number of morpholine rings is 1. The number of primary amides is 1. The summed E-state index contributed by atoms with van der Waals surface area (Å²) in [6.45, 7) is -1.27. The van der Waals surface area contributed by atoms with Crippen molar-refractivity contribution < 1.29 is 36.7 Å². The lowest BCUT2D eigenvalue weighted by Gasteiger charge is -2.29. The second kappa shape index (κ2) is 8.56. The van der Waals surface area contributed by atoms with Crippen LogP contribution in [0.1, 0.15) is 12.8 Å². The highest BCUT2D eigenvalue weighted by Crippen LogP contribution is 2.32. The Kier molecular flexibility index (Phi) is 6.27. The summed E-state index contributed by atoms with van der Waals surface area (Å²) in [5, 5.41) is 2.24. The molecular weight excluding hydrogens is 412 g/mol. The van der Waals surface area contributed by atoms with Crippen molar-refractivity contribution in [2.45, 2.75) is 31.1 Å². The highest BCUT2D eigenvalue weighted by Gasteiger charge is 2.45. The number of anilines is 2. The molecule has 1 aromatic rings. The zero-order valence-electron chi connectivity index (χ0n) is 15.7. The van der Waals surface area contributed by atoms with Gasteiger partial charge in [-0.3, -0.25) is 19.3 Å². The predicted molar refractivity (Wildman–Crippen MR) is 97.0 cm³/mol. The molecule has 2 aliphatic rings. The van der Waals surface area contributed by atoms with Crippen LogP contribution in [-0.2, 0) is 19.1 Å². The van der Waals surface area contributed by atoms with E-state index in [1.165, 1.54) is 17.0 Å². The van der Waals surface area contributed by atoms with E-state index in [0.29, 0.717) is 12.8 Å². The Balaban J connectivity index is 1.76. The zero-order chi connectivity index (χ0) is 22.1. The van der Waals surface area contributed by atoms with Crippen LogP contribution in [0.5, 0.6) is 0 Å². The minimum absolute atomic E-state index is 0.0237. The van der Waals surface area contributed by atoms with Crippen molar-refractivity contribution in [1.29, 1.82) is 0 Å². The first-order valence-electron chi connectivity index (χ1n) is 9.17. The largest absolute Gasteiger partial charge is 0.401 e. The molecule has 1 saturated carbocycles. The Morgan fingerprint density at radius 3 is 2.57 bits per heavy atom. The number of carbonyl (C=O) groups is 3. The topological polar surface area (TPSA) is 105 Å². The molecule has 0 unspecified atom stereocenters. The summed E-state index contributed by atoms with van der Waals surface area (Å²) in [6, 6.07) is 1.01.